The monoisotopic (exact) mass is 292 g/mol. The van der Waals surface area contributed by atoms with Gasteiger partial charge in [0.1, 0.15) is 5.76 Å². The van der Waals surface area contributed by atoms with Crippen molar-refractivity contribution in [2.45, 2.75) is 17.9 Å². The summed E-state index contributed by atoms with van der Waals surface area (Å²) in [4.78, 5) is 2.22. The van der Waals surface area contributed by atoms with E-state index in [9.17, 15) is 8.42 Å². The van der Waals surface area contributed by atoms with Crippen LogP contribution in [-0.2, 0) is 15.9 Å². The number of nitrogens with zero attached hydrogens (tertiary/aromatic N) is 2. The molecule has 0 aliphatic carbocycles. The van der Waals surface area contributed by atoms with Gasteiger partial charge in [-0.1, -0.05) is 6.92 Å². The summed E-state index contributed by atoms with van der Waals surface area (Å²) in [7, 11) is -3.50. The smallest absolute Gasteiger partial charge is 0.276 e. The maximum absolute atomic E-state index is 12.3. The van der Waals surface area contributed by atoms with Crippen LogP contribution in [0.5, 0.6) is 0 Å². The van der Waals surface area contributed by atoms with E-state index in [0.717, 1.165) is 19.6 Å². The van der Waals surface area contributed by atoms with Crippen LogP contribution in [0.3, 0.4) is 0 Å². The van der Waals surface area contributed by atoms with Gasteiger partial charge >= 0.3 is 0 Å². The number of piperazine rings is 1. The fourth-order valence-corrected chi connectivity index (χ4v) is 3.48. The Balaban J connectivity index is 2.12. The van der Waals surface area contributed by atoms with E-state index in [-0.39, 0.29) is 11.0 Å². The molecule has 1 saturated heterocycles. The molecule has 0 radical (unpaired) electrons. The molecule has 1 aliphatic rings. The van der Waals surface area contributed by atoms with E-state index in [1.165, 1.54) is 10.4 Å². The first-order valence-corrected chi connectivity index (χ1v) is 7.92. The average Bonchev–Trinajstić information content (AvgIpc) is 2.88. The van der Waals surface area contributed by atoms with Gasteiger partial charge < -0.3 is 9.32 Å². The van der Waals surface area contributed by atoms with Crippen molar-refractivity contribution in [2.24, 2.45) is 0 Å². The molecule has 7 heteroatoms. The number of sulfonamides is 1. The van der Waals surface area contributed by atoms with E-state index in [4.69, 9.17) is 16.0 Å². The van der Waals surface area contributed by atoms with E-state index in [2.05, 4.69) is 11.8 Å². The van der Waals surface area contributed by atoms with Gasteiger partial charge in [0.05, 0.1) is 5.88 Å². The summed E-state index contributed by atoms with van der Waals surface area (Å²) in [5.41, 5.74) is 0. The molecule has 18 heavy (non-hydrogen) atoms. The largest absolute Gasteiger partial charge is 0.447 e. The van der Waals surface area contributed by atoms with Crippen LogP contribution in [0, 0.1) is 0 Å². The summed E-state index contributed by atoms with van der Waals surface area (Å²) in [6.45, 7) is 5.56. The maximum atomic E-state index is 12.3. The van der Waals surface area contributed by atoms with Crippen LogP contribution < -0.4 is 0 Å². The standard InChI is InChI=1S/C11H17ClN2O3S/c1-2-13-5-7-14(8-6-13)18(15,16)11-4-3-10(9-12)17-11/h3-4H,2,5-9H2,1H3. The Hall–Kier alpha value is -0.560. The van der Waals surface area contributed by atoms with E-state index in [1.807, 2.05) is 0 Å². The molecule has 0 amide bonds. The minimum Gasteiger partial charge on any atom is -0.447 e. The van der Waals surface area contributed by atoms with Crippen molar-refractivity contribution in [1.29, 1.82) is 0 Å². The van der Waals surface area contributed by atoms with E-state index >= 15 is 0 Å². The molecule has 2 heterocycles. The highest BCUT2D eigenvalue weighted by atomic mass is 35.5. The molecular formula is C11H17ClN2O3S. The molecule has 0 atom stereocenters. The predicted molar refractivity (Wildman–Crippen MR) is 69.1 cm³/mol. The highest BCUT2D eigenvalue weighted by Crippen LogP contribution is 2.20. The zero-order chi connectivity index (χ0) is 13.2. The van der Waals surface area contributed by atoms with Crippen molar-refractivity contribution in [3.05, 3.63) is 17.9 Å². The van der Waals surface area contributed by atoms with Crippen LogP contribution in [-0.4, -0.2) is 50.3 Å². The van der Waals surface area contributed by atoms with Gasteiger partial charge in [0.25, 0.3) is 10.0 Å². The van der Waals surface area contributed by atoms with E-state index in [1.54, 1.807) is 6.07 Å². The summed E-state index contributed by atoms with van der Waals surface area (Å²) in [5, 5.41) is -0.0110. The molecule has 0 N–H and O–H groups in total. The molecule has 1 fully saturated rings. The third-order valence-electron chi connectivity index (χ3n) is 3.14. The second-order valence-corrected chi connectivity index (χ2v) is 6.33. The zero-order valence-corrected chi connectivity index (χ0v) is 11.9. The van der Waals surface area contributed by atoms with Crippen molar-refractivity contribution in [1.82, 2.24) is 9.21 Å². The Morgan fingerprint density at radius 1 is 1.28 bits per heavy atom. The second-order valence-electron chi connectivity index (χ2n) is 4.19. The molecule has 2 rings (SSSR count). The van der Waals surface area contributed by atoms with Gasteiger partial charge in [0.2, 0.25) is 5.09 Å². The number of alkyl halides is 1. The average molecular weight is 293 g/mol. The van der Waals surface area contributed by atoms with Crippen molar-refractivity contribution >= 4 is 21.6 Å². The third-order valence-corrected chi connectivity index (χ3v) is 5.18. The van der Waals surface area contributed by atoms with Crippen LogP contribution >= 0.6 is 11.6 Å². The SMILES string of the molecule is CCN1CCN(S(=O)(=O)c2ccc(CCl)o2)CC1. The van der Waals surface area contributed by atoms with Crippen LogP contribution in [0.15, 0.2) is 21.6 Å². The molecular weight excluding hydrogens is 276 g/mol. The Bertz CT molecular complexity index is 492. The third kappa shape index (κ3) is 2.71. The molecule has 0 aromatic carbocycles. The van der Waals surface area contributed by atoms with Gasteiger partial charge in [0, 0.05) is 26.2 Å². The van der Waals surface area contributed by atoms with E-state index < -0.39 is 10.0 Å². The van der Waals surface area contributed by atoms with Crippen molar-refractivity contribution < 1.29 is 12.8 Å². The fourth-order valence-electron chi connectivity index (χ4n) is 1.98. The Labute approximate surface area is 112 Å². The van der Waals surface area contributed by atoms with Gasteiger partial charge in [0.15, 0.2) is 0 Å². The lowest BCUT2D eigenvalue weighted by atomic mass is 10.4. The van der Waals surface area contributed by atoms with Crippen LogP contribution in [0.2, 0.25) is 0 Å². The number of hydrogen-bond donors (Lipinski definition) is 0. The molecule has 102 valence electrons. The minimum atomic E-state index is -3.50. The zero-order valence-electron chi connectivity index (χ0n) is 10.3. The van der Waals surface area contributed by atoms with Crippen molar-refractivity contribution in [2.75, 3.05) is 32.7 Å². The fraction of sp³-hybridized carbons (Fsp3) is 0.636. The van der Waals surface area contributed by atoms with Crippen molar-refractivity contribution in [3.8, 4) is 0 Å². The summed E-state index contributed by atoms with van der Waals surface area (Å²) in [5.74, 6) is 0.654. The Kier molecular flexibility index (Phi) is 4.32. The molecule has 5 nitrogen and oxygen atoms in total. The maximum Gasteiger partial charge on any atom is 0.276 e. The lowest BCUT2D eigenvalue weighted by molar-refractivity contribution is 0.194. The first kappa shape index (κ1) is 13.9. The molecule has 0 bridgehead atoms. The lowest BCUT2D eigenvalue weighted by Crippen LogP contribution is -2.48. The lowest BCUT2D eigenvalue weighted by Gasteiger charge is -2.32. The Morgan fingerprint density at radius 2 is 1.94 bits per heavy atom. The highest BCUT2D eigenvalue weighted by Gasteiger charge is 2.30. The second kappa shape index (κ2) is 5.61. The summed E-state index contributed by atoms with van der Waals surface area (Å²) < 4.78 is 31.3. The van der Waals surface area contributed by atoms with Gasteiger partial charge in [-0.3, -0.25) is 0 Å². The van der Waals surface area contributed by atoms with E-state index in [0.29, 0.717) is 18.8 Å². The predicted octanol–water partition coefficient (Wildman–Crippen LogP) is 1.34. The number of rotatable bonds is 4. The highest BCUT2D eigenvalue weighted by molar-refractivity contribution is 7.89. The molecule has 0 saturated carbocycles. The minimum absolute atomic E-state index is 0.0110. The number of hydrogen-bond acceptors (Lipinski definition) is 4. The molecule has 0 unspecified atom stereocenters. The number of halogens is 1. The summed E-state index contributed by atoms with van der Waals surface area (Å²) in [6, 6.07) is 3.07. The molecule has 1 aliphatic heterocycles. The van der Waals surface area contributed by atoms with Gasteiger partial charge in [-0.25, -0.2) is 8.42 Å². The van der Waals surface area contributed by atoms with Gasteiger partial charge in [-0.15, -0.1) is 11.6 Å². The first-order chi connectivity index (χ1) is 8.57. The topological polar surface area (TPSA) is 53.8 Å². The first-order valence-electron chi connectivity index (χ1n) is 5.95. The quantitative estimate of drug-likeness (QED) is 0.786. The normalized spacial score (nSPS) is 19.2. The van der Waals surface area contributed by atoms with Crippen LogP contribution in [0.1, 0.15) is 12.7 Å². The molecule has 1 aromatic rings. The number of likely N-dealkylation sites (N-methyl/N-ethyl adjacent to an activating group) is 1. The van der Waals surface area contributed by atoms with Crippen LogP contribution in [0.25, 0.3) is 0 Å². The molecule has 0 spiro atoms. The summed E-state index contributed by atoms with van der Waals surface area (Å²) in [6.07, 6.45) is 0. The Morgan fingerprint density at radius 3 is 2.44 bits per heavy atom. The van der Waals surface area contributed by atoms with Gasteiger partial charge in [-0.05, 0) is 18.7 Å². The summed E-state index contributed by atoms with van der Waals surface area (Å²) >= 11 is 5.61. The van der Waals surface area contributed by atoms with Crippen LogP contribution in [0.4, 0.5) is 0 Å². The van der Waals surface area contributed by atoms with Gasteiger partial charge in [-0.2, -0.15) is 4.31 Å². The molecule has 1 aromatic heterocycles. The number of furan rings is 1. The van der Waals surface area contributed by atoms with Crippen molar-refractivity contribution in [3.63, 3.8) is 0 Å².